The van der Waals surface area contributed by atoms with Crippen LogP contribution in [0, 0.1) is 6.92 Å². The van der Waals surface area contributed by atoms with Crippen LogP contribution in [0.5, 0.6) is 11.5 Å². The predicted octanol–water partition coefficient (Wildman–Crippen LogP) is 7.84. The summed E-state index contributed by atoms with van der Waals surface area (Å²) >= 11 is 11.1. The van der Waals surface area contributed by atoms with Crippen molar-refractivity contribution in [2.24, 2.45) is 0 Å². The van der Waals surface area contributed by atoms with Crippen molar-refractivity contribution in [3.05, 3.63) is 100 Å². The summed E-state index contributed by atoms with van der Waals surface area (Å²) in [7, 11) is 3.03. The number of hydrogen-bond acceptors (Lipinski definition) is 7. The van der Waals surface area contributed by atoms with Crippen LogP contribution < -0.4 is 18.7 Å². The first kappa shape index (κ1) is 28.8. The smallest absolute Gasteiger partial charge is 0.266 e. The Balaban J connectivity index is 1.65. The Morgan fingerprint density at radius 2 is 1.66 bits per heavy atom. The largest absolute Gasteiger partial charge is 0.755 e. The number of aromatic nitrogens is 1. The Hall–Kier alpha value is -3.67. The number of rotatable bonds is 8. The number of carbonyl (C=O) groups excluding carboxylic acids is 1. The van der Waals surface area contributed by atoms with Crippen LogP contribution in [-0.2, 0) is 11.3 Å². The van der Waals surface area contributed by atoms with Gasteiger partial charge in [-0.2, -0.15) is 0 Å². The van der Waals surface area contributed by atoms with E-state index in [2.05, 4.69) is 0 Å². The molecule has 0 bridgehead atoms. The summed E-state index contributed by atoms with van der Waals surface area (Å²) in [5.41, 5.74) is 3.02. The number of fused-ring (bicyclic) bond motifs is 1. The van der Waals surface area contributed by atoms with E-state index in [4.69, 9.17) is 37.7 Å². The van der Waals surface area contributed by atoms with Gasteiger partial charge in [0.1, 0.15) is 0 Å². The maximum atomic E-state index is 14.0. The van der Waals surface area contributed by atoms with Crippen LogP contribution in [0.15, 0.2) is 78.9 Å². The Morgan fingerprint density at radius 1 is 0.927 bits per heavy atom. The van der Waals surface area contributed by atoms with Crippen LogP contribution in [-0.4, -0.2) is 33.9 Å². The van der Waals surface area contributed by atoms with Crippen LogP contribution in [0.4, 0.5) is 22.2 Å². The van der Waals surface area contributed by atoms with E-state index in [9.17, 15) is 13.6 Å². The quantitative estimate of drug-likeness (QED) is 0.163. The van der Waals surface area contributed by atoms with E-state index in [0.717, 1.165) is 5.56 Å². The number of halogens is 2. The lowest BCUT2D eigenvalue weighted by Crippen LogP contribution is -2.26. The minimum absolute atomic E-state index is 0.183. The van der Waals surface area contributed by atoms with Gasteiger partial charge < -0.3 is 14.0 Å². The normalized spacial score (nSPS) is 11.8. The molecule has 0 aliphatic rings. The second-order valence-corrected chi connectivity index (χ2v) is 11.4. The van der Waals surface area contributed by atoms with E-state index in [0.29, 0.717) is 48.9 Å². The number of aryl methyl sites for hydroxylation is 1. The van der Waals surface area contributed by atoms with Gasteiger partial charge in [0.25, 0.3) is 5.91 Å². The van der Waals surface area contributed by atoms with Crippen LogP contribution in [0.3, 0.4) is 0 Å². The van der Waals surface area contributed by atoms with Crippen molar-refractivity contribution in [1.29, 1.82) is 0 Å². The number of thiazole rings is 1. The molecule has 0 radical (unpaired) electrons. The van der Waals surface area contributed by atoms with Gasteiger partial charge in [-0.1, -0.05) is 52.7 Å². The molecule has 0 saturated carbocycles. The highest BCUT2D eigenvalue weighted by Gasteiger charge is 2.27. The molecule has 4 aromatic carbocycles. The molecular formula is C29H22Cl2N3O5S2-. The summed E-state index contributed by atoms with van der Waals surface area (Å²) in [6, 6.07) is 22.0. The monoisotopic (exact) mass is 626 g/mol. The Kier molecular flexibility index (Phi) is 8.48. The lowest BCUT2D eigenvalue weighted by molar-refractivity contribution is 0.0999. The maximum absolute atomic E-state index is 14.0. The van der Waals surface area contributed by atoms with Crippen molar-refractivity contribution < 1.29 is 23.0 Å². The summed E-state index contributed by atoms with van der Waals surface area (Å²) in [6.45, 7) is 1.84. The SMILES string of the molecule is COc1ccc(N(C(=O)c2ccc(Cl)cc2Cl)c2nc3ccc(N(c4ccccc4C)S(=O)[O-])cc3s2)cc1OC. The van der Waals surface area contributed by atoms with E-state index in [1.807, 2.05) is 19.1 Å². The van der Waals surface area contributed by atoms with Gasteiger partial charge in [0.15, 0.2) is 16.6 Å². The average Bonchev–Trinajstić information content (AvgIpc) is 3.36. The standard InChI is InChI=1S/C29H23Cl2N3O5S2/c1-17-6-4-5-7-24(17)34(41(36)37)20-9-12-23-27(16-20)40-29(32-23)33(19-10-13-25(38-2)26(15-19)39-3)28(35)21-11-8-18(30)14-22(21)31/h4-16H,1-3H3,(H,36,37)/p-1. The number of anilines is 4. The Bertz CT molecular complexity index is 1800. The maximum Gasteiger partial charge on any atom is 0.266 e. The molecule has 1 heterocycles. The zero-order valence-corrected chi connectivity index (χ0v) is 25.1. The first-order chi connectivity index (χ1) is 19.7. The molecular weight excluding hydrogens is 605 g/mol. The van der Waals surface area contributed by atoms with E-state index >= 15 is 0 Å². The fraction of sp³-hybridized carbons (Fsp3) is 0.103. The van der Waals surface area contributed by atoms with Crippen LogP contribution in [0.2, 0.25) is 10.0 Å². The number of hydrogen-bond donors (Lipinski definition) is 0. The van der Waals surface area contributed by atoms with Gasteiger partial charge in [-0.15, -0.1) is 0 Å². The van der Waals surface area contributed by atoms with Crippen molar-refractivity contribution in [3.63, 3.8) is 0 Å². The van der Waals surface area contributed by atoms with Crippen molar-refractivity contribution in [2.75, 3.05) is 23.4 Å². The predicted molar refractivity (Wildman–Crippen MR) is 164 cm³/mol. The van der Waals surface area contributed by atoms with Crippen LogP contribution >= 0.6 is 34.5 Å². The third-order valence-electron chi connectivity index (χ3n) is 6.26. The molecule has 1 unspecified atom stereocenters. The van der Waals surface area contributed by atoms with E-state index < -0.39 is 17.2 Å². The highest BCUT2D eigenvalue weighted by Crippen LogP contribution is 2.41. The Morgan fingerprint density at radius 3 is 2.34 bits per heavy atom. The van der Waals surface area contributed by atoms with Gasteiger partial charge in [0.05, 0.1) is 63.4 Å². The number of nitrogens with zero attached hydrogens (tertiary/aromatic N) is 3. The minimum Gasteiger partial charge on any atom is -0.755 e. The minimum atomic E-state index is -2.58. The van der Waals surface area contributed by atoms with Crippen molar-refractivity contribution in [3.8, 4) is 11.5 Å². The summed E-state index contributed by atoms with van der Waals surface area (Å²) < 4.78 is 37.4. The molecule has 1 atom stereocenters. The summed E-state index contributed by atoms with van der Waals surface area (Å²) in [5.74, 6) is 0.463. The zero-order valence-electron chi connectivity index (χ0n) is 22.0. The van der Waals surface area contributed by atoms with Gasteiger partial charge in [-0.05, 0) is 67.1 Å². The van der Waals surface area contributed by atoms with E-state index in [1.165, 1.54) is 40.8 Å². The second kappa shape index (κ2) is 12.1. The number of carbonyl (C=O) groups is 1. The molecule has 1 aromatic heterocycles. The fourth-order valence-corrected chi connectivity index (χ4v) is 6.44. The van der Waals surface area contributed by atoms with Crippen LogP contribution in [0.25, 0.3) is 10.2 Å². The number of ether oxygens (including phenoxy) is 2. The Labute approximate surface area is 253 Å². The highest BCUT2D eigenvalue weighted by atomic mass is 35.5. The number of para-hydroxylation sites is 1. The third kappa shape index (κ3) is 5.74. The average molecular weight is 628 g/mol. The van der Waals surface area contributed by atoms with Gasteiger partial charge in [0.2, 0.25) is 0 Å². The van der Waals surface area contributed by atoms with Crippen molar-refractivity contribution in [2.45, 2.75) is 6.92 Å². The molecule has 41 heavy (non-hydrogen) atoms. The lowest BCUT2D eigenvalue weighted by Gasteiger charge is -2.27. The third-order valence-corrected chi connectivity index (χ3v) is 8.52. The molecule has 1 amide bonds. The molecule has 8 nitrogen and oxygen atoms in total. The highest BCUT2D eigenvalue weighted by molar-refractivity contribution is 7.81. The van der Waals surface area contributed by atoms with E-state index in [-0.39, 0.29) is 10.6 Å². The molecule has 5 aromatic rings. The topological polar surface area (TPSA) is 95.0 Å². The molecule has 0 aliphatic carbocycles. The molecule has 5 rings (SSSR count). The number of methoxy groups -OCH3 is 2. The summed E-state index contributed by atoms with van der Waals surface area (Å²) in [6.07, 6.45) is 0. The van der Waals surface area contributed by atoms with E-state index in [1.54, 1.807) is 60.7 Å². The molecule has 12 heteroatoms. The van der Waals surface area contributed by atoms with Crippen LogP contribution in [0.1, 0.15) is 15.9 Å². The molecule has 0 spiro atoms. The summed E-state index contributed by atoms with van der Waals surface area (Å²) in [4.78, 5) is 20.1. The molecule has 0 N–H and O–H groups in total. The molecule has 0 saturated heterocycles. The molecule has 210 valence electrons. The molecule has 0 aliphatic heterocycles. The second-order valence-electron chi connectivity index (χ2n) is 8.75. The summed E-state index contributed by atoms with van der Waals surface area (Å²) in [5, 5.41) is 0.917. The fourth-order valence-electron chi connectivity index (χ4n) is 4.28. The van der Waals surface area contributed by atoms with Gasteiger partial charge in [-0.3, -0.25) is 18.2 Å². The van der Waals surface area contributed by atoms with Crippen molar-refractivity contribution >= 4 is 84.1 Å². The first-order valence-corrected chi connectivity index (χ1v) is 14.7. The lowest BCUT2D eigenvalue weighted by atomic mass is 10.1. The van der Waals surface area contributed by atoms with Gasteiger partial charge in [-0.25, -0.2) is 4.98 Å². The van der Waals surface area contributed by atoms with Crippen molar-refractivity contribution in [1.82, 2.24) is 4.98 Å². The number of benzene rings is 4. The number of amides is 1. The first-order valence-electron chi connectivity index (χ1n) is 12.1. The van der Waals surface area contributed by atoms with Gasteiger partial charge in [0, 0.05) is 11.1 Å². The zero-order chi connectivity index (χ0) is 29.3. The van der Waals surface area contributed by atoms with Gasteiger partial charge >= 0.3 is 0 Å². The molecule has 0 fully saturated rings.